The Kier molecular flexibility index (Phi) is 5.57. The minimum Gasteiger partial charge on any atom is -0.341 e. The quantitative estimate of drug-likeness (QED) is 0.621. The molecule has 1 heterocycles. The fourth-order valence-corrected chi connectivity index (χ4v) is 3.72. The van der Waals surface area contributed by atoms with Crippen LogP contribution in [-0.4, -0.2) is 64.5 Å². The summed E-state index contributed by atoms with van der Waals surface area (Å²) < 4.78 is 28.0. The number of alkyl halides is 2. The van der Waals surface area contributed by atoms with Crippen LogP contribution in [0.25, 0.3) is 10.8 Å². The molecule has 2 atom stereocenters. The van der Waals surface area contributed by atoms with E-state index in [0.717, 1.165) is 15.2 Å². The first-order valence-electron chi connectivity index (χ1n) is 8.39. The number of carbonyl (C=O) groups excluding carboxylic acids is 2. The summed E-state index contributed by atoms with van der Waals surface area (Å²) in [6.07, 6.45) is -0.0572. The van der Waals surface area contributed by atoms with Crippen molar-refractivity contribution in [1.82, 2.24) is 10.2 Å². The number of rotatable bonds is 5. The standard InChI is InChI=1S/C19H16F2N3O2.Al/c20-19(21)8-15(9-22)24(12-19)10-14(11-25)23-18(26)17-7-3-5-13-4-1-2-6-16(13)17;/h1-3,5-7,11,14-15H,8,10,12H2,(H,23,26);/t14?,15-;/m0./s1. The highest BCUT2D eigenvalue weighted by Gasteiger charge is 2.45. The molecule has 1 unspecified atom stereocenters. The van der Waals surface area contributed by atoms with Gasteiger partial charge in [0, 0.05) is 18.5 Å². The normalized spacial score (nSPS) is 20.1. The highest BCUT2D eigenvalue weighted by atomic mass is 27.0. The van der Waals surface area contributed by atoms with E-state index >= 15 is 0 Å². The lowest BCUT2D eigenvalue weighted by Gasteiger charge is -2.23. The van der Waals surface area contributed by atoms with Crippen molar-refractivity contribution in [3.8, 4) is 6.07 Å². The summed E-state index contributed by atoms with van der Waals surface area (Å²) in [6.45, 7) is -0.737. The molecule has 8 heteroatoms. The number of aldehydes is 1. The molecule has 1 aliphatic heterocycles. The predicted octanol–water partition coefficient (Wildman–Crippen LogP) is 1.16. The highest BCUT2D eigenvalue weighted by Crippen LogP contribution is 2.31. The number of nitriles is 1. The predicted molar refractivity (Wildman–Crippen MR) is 97.2 cm³/mol. The SMILES string of the molecule is N#C[C@@H]1CC(F)(F)CN1CC(C=O)NC(=O)c1cccc2[c]([Al])cccc12. The van der Waals surface area contributed by atoms with E-state index in [9.17, 15) is 18.4 Å². The van der Waals surface area contributed by atoms with Gasteiger partial charge in [0.25, 0.3) is 11.8 Å². The van der Waals surface area contributed by atoms with Gasteiger partial charge in [0.15, 0.2) is 16.3 Å². The van der Waals surface area contributed by atoms with Crippen LogP contribution in [0.1, 0.15) is 16.8 Å². The summed E-state index contributed by atoms with van der Waals surface area (Å²) in [5, 5.41) is 13.3. The van der Waals surface area contributed by atoms with E-state index in [2.05, 4.69) is 21.6 Å². The molecule has 136 valence electrons. The zero-order valence-electron chi connectivity index (χ0n) is 14.4. The van der Waals surface area contributed by atoms with Crippen LogP contribution in [0.4, 0.5) is 8.78 Å². The number of carbonyl (C=O) groups is 2. The number of benzene rings is 2. The summed E-state index contributed by atoms with van der Waals surface area (Å²) in [5.74, 6) is -3.43. The van der Waals surface area contributed by atoms with Gasteiger partial charge in [0.2, 0.25) is 0 Å². The molecule has 2 radical (unpaired) electrons. The molecule has 3 rings (SSSR count). The summed E-state index contributed by atoms with van der Waals surface area (Å²) in [7, 11) is 0. The summed E-state index contributed by atoms with van der Waals surface area (Å²) >= 11 is 2.60. The molecule has 1 amide bonds. The largest absolute Gasteiger partial charge is 0.341 e. The Bertz CT molecular complexity index is 929. The Morgan fingerprint density at radius 1 is 1.37 bits per heavy atom. The Morgan fingerprint density at radius 3 is 2.78 bits per heavy atom. The van der Waals surface area contributed by atoms with E-state index in [1.54, 1.807) is 18.2 Å². The number of nitrogens with one attached hydrogen (secondary N) is 1. The Hall–Kier alpha value is -2.32. The Balaban J connectivity index is 1.78. The molecule has 1 saturated heterocycles. The molecule has 0 bridgehead atoms. The van der Waals surface area contributed by atoms with Crippen LogP contribution >= 0.6 is 0 Å². The molecule has 0 aromatic heterocycles. The van der Waals surface area contributed by atoms with Gasteiger partial charge in [-0.05, 0) is 16.8 Å². The topological polar surface area (TPSA) is 73.2 Å². The van der Waals surface area contributed by atoms with Crippen LogP contribution in [0.15, 0.2) is 36.4 Å². The molecule has 0 saturated carbocycles. The van der Waals surface area contributed by atoms with Gasteiger partial charge in [-0.25, -0.2) is 8.78 Å². The maximum absolute atomic E-state index is 13.6. The van der Waals surface area contributed by atoms with Gasteiger partial charge >= 0.3 is 0 Å². The average Bonchev–Trinajstić information content (AvgIpc) is 2.94. The van der Waals surface area contributed by atoms with Crippen molar-refractivity contribution in [2.24, 2.45) is 0 Å². The third-order valence-electron chi connectivity index (χ3n) is 4.63. The Morgan fingerprint density at radius 2 is 2.07 bits per heavy atom. The zero-order chi connectivity index (χ0) is 19.6. The van der Waals surface area contributed by atoms with E-state index < -0.39 is 36.9 Å². The van der Waals surface area contributed by atoms with Crippen LogP contribution in [0, 0.1) is 11.3 Å². The van der Waals surface area contributed by atoms with Crippen molar-refractivity contribution in [2.45, 2.75) is 24.4 Å². The van der Waals surface area contributed by atoms with Gasteiger partial charge in [-0.2, -0.15) is 5.26 Å². The van der Waals surface area contributed by atoms with Gasteiger partial charge in [-0.15, -0.1) is 4.43 Å². The fraction of sp³-hybridized carbons (Fsp3) is 0.316. The fourth-order valence-electron chi connectivity index (χ4n) is 3.36. The lowest BCUT2D eigenvalue weighted by atomic mass is 10.0. The molecule has 2 aromatic rings. The number of hydrogen-bond acceptors (Lipinski definition) is 4. The number of nitrogens with zero attached hydrogens (tertiary/aromatic N) is 2. The van der Waals surface area contributed by atoms with E-state index in [4.69, 9.17) is 5.26 Å². The summed E-state index contributed by atoms with van der Waals surface area (Å²) in [5.41, 5.74) is 0.396. The minimum absolute atomic E-state index is 0.136. The maximum Gasteiger partial charge on any atom is 0.263 e. The molecule has 0 aliphatic carbocycles. The molecule has 0 spiro atoms. The smallest absolute Gasteiger partial charge is 0.263 e. The second-order valence-electron chi connectivity index (χ2n) is 6.60. The van der Waals surface area contributed by atoms with Crippen LogP contribution in [0.5, 0.6) is 0 Å². The lowest BCUT2D eigenvalue weighted by Crippen LogP contribution is -2.46. The van der Waals surface area contributed by atoms with Crippen molar-refractivity contribution in [3.63, 3.8) is 0 Å². The summed E-state index contributed by atoms with van der Waals surface area (Å²) in [6, 6.07) is 10.7. The lowest BCUT2D eigenvalue weighted by molar-refractivity contribution is -0.110. The first-order chi connectivity index (χ1) is 12.8. The number of hydrogen-bond donors (Lipinski definition) is 1. The van der Waals surface area contributed by atoms with Gasteiger partial charge < -0.3 is 10.1 Å². The monoisotopic (exact) mass is 383 g/mol. The minimum atomic E-state index is -2.97. The second-order valence-corrected chi connectivity index (χ2v) is 7.22. The van der Waals surface area contributed by atoms with Crippen LogP contribution < -0.4 is 9.74 Å². The third kappa shape index (κ3) is 4.17. The molecular formula is C19H16AlF2N3O2. The molecule has 1 fully saturated rings. The molecule has 5 nitrogen and oxygen atoms in total. The average molecular weight is 383 g/mol. The third-order valence-corrected chi connectivity index (χ3v) is 5.13. The first-order valence-corrected chi connectivity index (χ1v) is 8.97. The van der Waals surface area contributed by atoms with Crippen molar-refractivity contribution in [3.05, 3.63) is 42.0 Å². The second kappa shape index (κ2) is 7.74. The number of amides is 1. The molecule has 2 aromatic carbocycles. The highest BCUT2D eigenvalue weighted by molar-refractivity contribution is 6.39. The molecule has 1 aliphatic rings. The van der Waals surface area contributed by atoms with Crippen molar-refractivity contribution >= 4 is 43.7 Å². The van der Waals surface area contributed by atoms with E-state index in [1.807, 2.05) is 24.3 Å². The molecule has 1 N–H and O–H groups in total. The molecule has 27 heavy (non-hydrogen) atoms. The van der Waals surface area contributed by atoms with Crippen LogP contribution in [0.3, 0.4) is 0 Å². The van der Waals surface area contributed by atoms with Crippen molar-refractivity contribution in [1.29, 1.82) is 5.26 Å². The van der Waals surface area contributed by atoms with Crippen molar-refractivity contribution < 1.29 is 18.4 Å². The number of likely N-dealkylation sites (tertiary alicyclic amines) is 1. The Labute approximate surface area is 163 Å². The summed E-state index contributed by atoms with van der Waals surface area (Å²) in [4.78, 5) is 25.3. The van der Waals surface area contributed by atoms with E-state index in [-0.39, 0.29) is 6.54 Å². The van der Waals surface area contributed by atoms with Gasteiger partial charge in [0.1, 0.15) is 12.3 Å². The van der Waals surface area contributed by atoms with E-state index in [0.29, 0.717) is 11.8 Å². The van der Waals surface area contributed by atoms with Crippen LogP contribution in [0.2, 0.25) is 0 Å². The van der Waals surface area contributed by atoms with Gasteiger partial charge in [0.05, 0.1) is 18.7 Å². The first kappa shape index (κ1) is 19.4. The molecular weight excluding hydrogens is 367 g/mol. The number of halogens is 2. The maximum atomic E-state index is 13.6. The van der Waals surface area contributed by atoms with Gasteiger partial charge in [-0.3, -0.25) is 9.69 Å². The van der Waals surface area contributed by atoms with Gasteiger partial charge in [-0.1, -0.05) is 30.3 Å². The zero-order valence-corrected chi connectivity index (χ0v) is 15.5. The number of fused-ring (bicyclic) bond motifs is 1. The van der Waals surface area contributed by atoms with Crippen LogP contribution in [-0.2, 0) is 4.79 Å². The van der Waals surface area contributed by atoms with Crippen molar-refractivity contribution in [2.75, 3.05) is 13.1 Å². The van der Waals surface area contributed by atoms with E-state index in [1.165, 1.54) is 4.90 Å².